The molecule has 0 saturated carbocycles. The Morgan fingerprint density at radius 1 is 1.25 bits per heavy atom. The van der Waals surface area contributed by atoms with Crippen molar-refractivity contribution in [1.82, 2.24) is 4.98 Å². The first-order valence-electron chi connectivity index (χ1n) is 4.97. The Balaban J connectivity index is 2.05. The van der Waals surface area contributed by atoms with Gasteiger partial charge in [-0.25, -0.2) is 9.78 Å². The Kier molecular flexibility index (Phi) is 3.31. The maximum atomic E-state index is 10.8. The fourth-order valence-electron chi connectivity index (χ4n) is 1.52. The summed E-state index contributed by atoms with van der Waals surface area (Å²) < 4.78 is 0. The number of carboxylic acid groups (broad SMARTS) is 1. The maximum Gasteiger partial charge on any atom is 0.355 e. The summed E-state index contributed by atoms with van der Waals surface area (Å²) in [7, 11) is 0. The zero-order chi connectivity index (χ0) is 11.4. The number of aromatic nitrogens is 1. The molecule has 1 N–H and O–H groups in total. The molecular formula is C12H11NO2S. The molecule has 0 atom stereocenters. The molecule has 3 nitrogen and oxygen atoms in total. The Labute approximate surface area is 97.4 Å². The molecule has 0 aliphatic carbocycles. The number of thiazole rings is 1. The lowest BCUT2D eigenvalue weighted by molar-refractivity contribution is 0.0690. The molecule has 0 spiro atoms. The summed E-state index contributed by atoms with van der Waals surface area (Å²) in [6, 6.07) is 10.0. The van der Waals surface area contributed by atoms with E-state index < -0.39 is 5.97 Å². The highest BCUT2D eigenvalue weighted by Gasteiger charge is 2.12. The van der Waals surface area contributed by atoms with Gasteiger partial charge in [-0.2, -0.15) is 0 Å². The second-order valence-electron chi connectivity index (χ2n) is 3.41. The standard InChI is InChI=1S/C12H11NO2S/c14-12(15)11-10(16-8-13-11)7-6-9-4-2-1-3-5-9/h1-5,8H,6-7H2,(H,14,15). The van der Waals surface area contributed by atoms with Gasteiger partial charge in [-0.15, -0.1) is 11.3 Å². The molecule has 0 unspecified atom stereocenters. The van der Waals surface area contributed by atoms with Crippen LogP contribution in [0.3, 0.4) is 0 Å². The molecule has 2 aromatic rings. The highest BCUT2D eigenvalue weighted by atomic mass is 32.1. The van der Waals surface area contributed by atoms with Crippen LogP contribution in [0.15, 0.2) is 35.8 Å². The van der Waals surface area contributed by atoms with E-state index in [1.54, 1.807) is 5.51 Å². The van der Waals surface area contributed by atoms with Crippen LogP contribution in [0.25, 0.3) is 0 Å². The van der Waals surface area contributed by atoms with Crippen molar-refractivity contribution >= 4 is 17.3 Å². The van der Waals surface area contributed by atoms with Crippen LogP contribution in [-0.4, -0.2) is 16.1 Å². The summed E-state index contributed by atoms with van der Waals surface area (Å²) >= 11 is 1.41. The average Bonchev–Trinajstić information content (AvgIpc) is 2.76. The predicted molar refractivity (Wildman–Crippen MR) is 62.9 cm³/mol. The fourth-order valence-corrected chi connectivity index (χ4v) is 2.28. The number of aryl methyl sites for hydroxylation is 2. The molecule has 4 heteroatoms. The Morgan fingerprint density at radius 2 is 2.00 bits per heavy atom. The van der Waals surface area contributed by atoms with Gasteiger partial charge in [-0.1, -0.05) is 30.3 Å². The molecule has 0 fully saturated rings. The third-order valence-corrected chi connectivity index (χ3v) is 3.22. The number of carboxylic acids is 1. The zero-order valence-electron chi connectivity index (χ0n) is 8.59. The van der Waals surface area contributed by atoms with Crippen LogP contribution < -0.4 is 0 Å². The SMILES string of the molecule is O=C(O)c1ncsc1CCc1ccccc1. The minimum absolute atomic E-state index is 0.195. The van der Waals surface area contributed by atoms with Gasteiger partial charge in [0.15, 0.2) is 5.69 Å². The highest BCUT2D eigenvalue weighted by molar-refractivity contribution is 7.09. The van der Waals surface area contributed by atoms with Crippen LogP contribution in [0.2, 0.25) is 0 Å². The molecule has 0 amide bonds. The summed E-state index contributed by atoms with van der Waals surface area (Å²) in [6.07, 6.45) is 1.58. The summed E-state index contributed by atoms with van der Waals surface area (Å²) in [4.78, 5) is 15.5. The monoisotopic (exact) mass is 233 g/mol. The molecule has 1 aromatic heterocycles. The lowest BCUT2D eigenvalue weighted by atomic mass is 10.1. The smallest absolute Gasteiger partial charge is 0.355 e. The van der Waals surface area contributed by atoms with Crippen LogP contribution in [0.5, 0.6) is 0 Å². The van der Waals surface area contributed by atoms with Gasteiger partial charge in [0.1, 0.15) is 0 Å². The van der Waals surface area contributed by atoms with Gasteiger partial charge in [-0.05, 0) is 18.4 Å². The minimum Gasteiger partial charge on any atom is -0.476 e. The van der Waals surface area contributed by atoms with E-state index >= 15 is 0 Å². The Morgan fingerprint density at radius 3 is 2.69 bits per heavy atom. The van der Waals surface area contributed by atoms with Crippen molar-refractivity contribution in [3.05, 3.63) is 52.0 Å². The van der Waals surface area contributed by atoms with E-state index in [4.69, 9.17) is 5.11 Å². The lowest BCUT2D eigenvalue weighted by Crippen LogP contribution is -2.01. The van der Waals surface area contributed by atoms with Crippen molar-refractivity contribution in [2.75, 3.05) is 0 Å². The molecular weight excluding hydrogens is 222 g/mol. The van der Waals surface area contributed by atoms with Gasteiger partial charge in [0.25, 0.3) is 0 Å². The second kappa shape index (κ2) is 4.90. The Hall–Kier alpha value is -1.68. The van der Waals surface area contributed by atoms with Crippen molar-refractivity contribution in [3.63, 3.8) is 0 Å². The molecule has 0 bridgehead atoms. The van der Waals surface area contributed by atoms with Gasteiger partial charge in [0.05, 0.1) is 5.51 Å². The predicted octanol–water partition coefficient (Wildman–Crippen LogP) is 2.63. The van der Waals surface area contributed by atoms with Crippen molar-refractivity contribution in [1.29, 1.82) is 0 Å². The van der Waals surface area contributed by atoms with Crippen LogP contribution in [0.4, 0.5) is 0 Å². The van der Waals surface area contributed by atoms with E-state index in [0.29, 0.717) is 0 Å². The number of rotatable bonds is 4. The molecule has 1 heterocycles. The van der Waals surface area contributed by atoms with E-state index in [-0.39, 0.29) is 5.69 Å². The molecule has 16 heavy (non-hydrogen) atoms. The Bertz CT molecular complexity index is 479. The van der Waals surface area contributed by atoms with E-state index in [2.05, 4.69) is 4.98 Å². The van der Waals surface area contributed by atoms with E-state index in [0.717, 1.165) is 17.7 Å². The quantitative estimate of drug-likeness (QED) is 0.883. The van der Waals surface area contributed by atoms with Gasteiger partial charge in [0, 0.05) is 4.88 Å². The number of nitrogens with zero attached hydrogens (tertiary/aromatic N) is 1. The maximum absolute atomic E-state index is 10.8. The minimum atomic E-state index is -0.940. The van der Waals surface area contributed by atoms with Crippen LogP contribution in [0, 0.1) is 0 Å². The van der Waals surface area contributed by atoms with Crippen molar-refractivity contribution in [2.24, 2.45) is 0 Å². The van der Waals surface area contributed by atoms with Gasteiger partial charge < -0.3 is 5.11 Å². The first kappa shape index (κ1) is 10.8. The number of aromatic carboxylic acids is 1. The van der Waals surface area contributed by atoms with Crippen molar-refractivity contribution in [3.8, 4) is 0 Å². The molecule has 1 aromatic carbocycles. The van der Waals surface area contributed by atoms with Crippen LogP contribution in [0.1, 0.15) is 20.9 Å². The van der Waals surface area contributed by atoms with Crippen molar-refractivity contribution < 1.29 is 9.90 Å². The number of benzene rings is 1. The third kappa shape index (κ3) is 2.46. The zero-order valence-corrected chi connectivity index (χ0v) is 9.41. The average molecular weight is 233 g/mol. The van der Waals surface area contributed by atoms with Gasteiger partial charge in [0.2, 0.25) is 0 Å². The van der Waals surface area contributed by atoms with Gasteiger partial charge in [-0.3, -0.25) is 0 Å². The molecule has 0 aliphatic rings. The first-order valence-corrected chi connectivity index (χ1v) is 5.85. The van der Waals surface area contributed by atoms with Crippen LogP contribution in [-0.2, 0) is 12.8 Å². The highest BCUT2D eigenvalue weighted by Crippen LogP contribution is 2.16. The molecule has 0 aliphatic heterocycles. The molecule has 0 saturated heterocycles. The van der Waals surface area contributed by atoms with E-state index in [9.17, 15) is 4.79 Å². The third-order valence-electron chi connectivity index (χ3n) is 2.33. The van der Waals surface area contributed by atoms with E-state index in [1.165, 1.54) is 16.9 Å². The largest absolute Gasteiger partial charge is 0.476 e. The molecule has 0 radical (unpaired) electrons. The summed E-state index contributed by atoms with van der Waals surface area (Å²) in [6.45, 7) is 0. The number of carbonyl (C=O) groups is 1. The summed E-state index contributed by atoms with van der Waals surface area (Å²) in [5.41, 5.74) is 3.00. The topological polar surface area (TPSA) is 50.2 Å². The first-order chi connectivity index (χ1) is 7.77. The summed E-state index contributed by atoms with van der Waals surface area (Å²) in [5, 5.41) is 8.90. The molecule has 82 valence electrons. The number of hydrogen-bond donors (Lipinski definition) is 1. The molecule has 2 rings (SSSR count). The normalized spacial score (nSPS) is 10.2. The van der Waals surface area contributed by atoms with E-state index in [1.807, 2.05) is 30.3 Å². The number of hydrogen-bond acceptors (Lipinski definition) is 3. The summed E-state index contributed by atoms with van der Waals surface area (Å²) in [5.74, 6) is -0.940. The van der Waals surface area contributed by atoms with Crippen LogP contribution >= 0.6 is 11.3 Å². The second-order valence-corrected chi connectivity index (χ2v) is 4.35. The van der Waals surface area contributed by atoms with Crippen molar-refractivity contribution in [2.45, 2.75) is 12.8 Å². The fraction of sp³-hybridized carbons (Fsp3) is 0.167. The lowest BCUT2D eigenvalue weighted by Gasteiger charge is -1.99. The van der Waals surface area contributed by atoms with Gasteiger partial charge >= 0.3 is 5.97 Å².